The monoisotopic (exact) mass is 593 g/mol. The van der Waals surface area contributed by atoms with Gasteiger partial charge in [0, 0.05) is 54.8 Å². The van der Waals surface area contributed by atoms with Crippen LogP contribution in [0.25, 0.3) is 15.6 Å². The van der Waals surface area contributed by atoms with Crippen LogP contribution in [-0.4, -0.2) is 91.2 Å². The third-order valence-corrected chi connectivity index (χ3v) is 9.52. The number of aromatic nitrogens is 2. The fourth-order valence-electron chi connectivity index (χ4n) is 7.35. The van der Waals surface area contributed by atoms with E-state index in [1.165, 1.54) is 28.1 Å². The molecule has 4 heterocycles. The number of aryl methyl sites for hydroxylation is 1. The normalized spacial score (nSPS) is 22.4. The second kappa shape index (κ2) is 12.4. The molecule has 9 nitrogen and oxygen atoms in total. The van der Waals surface area contributed by atoms with E-state index in [2.05, 4.69) is 83.4 Å². The first-order valence-corrected chi connectivity index (χ1v) is 15.7. The molecule has 0 saturated carbocycles. The minimum atomic E-state index is -0.225. The molecule has 2 atom stereocenters. The van der Waals surface area contributed by atoms with E-state index in [-0.39, 0.29) is 23.9 Å². The number of carbonyl (C=O) groups is 1. The summed E-state index contributed by atoms with van der Waals surface area (Å²) in [4.78, 5) is 35.2. The Morgan fingerprint density at radius 3 is 2.75 bits per heavy atom. The van der Waals surface area contributed by atoms with Gasteiger partial charge in [-0.15, -0.1) is 0 Å². The number of amides is 1. The molecule has 0 spiro atoms. The predicted molar refractivity (Wildman–Crippen MR) is 175 cm³/mol. The van der Waals surface area contributed by atoms with Crippen molar-refractivity contribution in [3.8, 4) is 6.01 Å². The standard InChI is InChI=1S/C35H43N7O2/c1-6-31(43)42-19-18-41(21-27(42)20-36-4)33-28-14-17-40(30-13-8-12-26-11-7-10-25(2)32(26)30)22-29(28)37-34(38-33)44-24-35(3)15-9-16-39(5)23-35/h6-8,10-13,27H,1,9,14-24H2,2-3,5H3/t27-,35?/m0/s1. The zero-order valence-corrected chi connectivity index (χ0v) is 26.3. The van der Waals surface area contributed by atoms with E-state index in [9.17, 15) is 4.79 Å². The van der Waals surface area contributed by atoms with Gasteiger partial charge in [-0.1, -0.05) is 43.8 Å². The Bertz CT molecular complexity index is 1590. The molecule has 1 amide bonds. The van der Waals surface area contributed by atoms with Crippen molar-refractivity contribution >= 4 is 28.2 Å². The van der Waals surface area contributed by atoms with Gasteiger partial charge in [0.2, 0.25) is 12.5 Å². The molecule has 0 aliphatic carbocycles. The number of anilines is 2. The molecule has 2 fully saturated rings. The van der Waals surface area contributed by atoms with Gasteiger partial charge in [0.1, 0.15) is 11.9 Å². The minimum Gasteiger partial charge on any atom is -0.463 e. The molecule has 0 radical (unpaired) electrons. The van der Waals surface area contributed by atoms with Gasteiger partial charge in [-0.05, 0) is 62.9 Å². The SMILES string of the molecule is [C-]#[N+]C[C@H]1CN(c2nc(OCC3(C)CCCN(C)C3)nc3c2CCN(c2cccc4cccc(C)c24)C3)CCN1C(=O)C=C. The maximum atomic E-state index is 12.6. The first-order chi connectivity index (χ1) is 21.3. The van der Waals surface area contributed by atoms with Gasteiger partial charge < -0.3 is 29.2 Å². The van der Waals surface area contributed by atoms with Crippen molar-refractivity contribution in [2.75, 3.05) is 69.3 Å². The number of benzene rings is 2. The molecule has 3 aromatic rings. The Labute approximate surface area is 260 Å². The first kappa shape index (κ1) is 29.9. The van der Waals surface area contributed by atoms with Crippen molar-refractivity contribution in [3.63, 3.8) is 0 Å². The minimum absolute atomic E-state index is 0.0380. The highest BCUT2D eigenvalue weighted by Gasteiger charge is 2.36. The van der Waals surface area contributed by atoms with E-state index in [4.69, 9.17) is 21.3 Å². The van der Waals surface area contributed by atoms with Crippen molar-refractivity contribution < 1.29 is 9.53 Å². The molecule has 3 aliphatic rings. The highest BCUT2D eigenvalue weighted by molar-refractivity contribution is 5.97. The van der Waals surface area contributed by atoms with Crippen molar-refractivity contribution in [3.05, 3.63) is 77.3 Å². The Hall–Kier alpha value is -4.16. The second-order valence-electron chi connectivity index (χ2n) is 13.0. The number of ether oxygens (including phenoxy) is 1. The molecule has 0 bridgehead atoms. The summed E-state index contributed by atoms with van der Waals surface area (Å²) in [5, 5.41) is 2.52. The summed E-state index contributed by atoms with van der Waals surface area (Å²) in [6, 6.07) is 13.2. The number of piperazine rings is 1. The van der Waals surface area contributed by atoms with Crippen LogP contribution >= 0.6 is 0 Å². The molecule has 44 heavy (non-hydrogen) atoms. The summed E-state index contributed by atoms with van der Waals surface area (Å²) in [6.07, 6.45) is 4.41. The number of nitrogens with zero attached hydrogens (tertiary/aromatic N) is 7. The van der Waals surface area contributed by atoms with Crippen molar-refractivity contribution in [1.82, 2.24) is 19.8 Å². The lowest BCUT2D eigenvalue weighted by Gasteiger charge is -2.41. The van der Waals surface area contributed by atoms with E-state index < -0.39 is 0 Å². The zero-order valence-electron chi connectivity index (χ0n) is 26.3. The first-order valence-electron chi connectivity index (χ1n) is 15.7. The van der Waals surface area contributed by atoms with Crippen LogP contribution in [0.15, 0.2) is 49.1 Å². The number of fused-ring (bicyclic) bond motifs is 2. The maximum Gasteiger partial charge on any atom is 0.318 e. The Morgan fingerprint density at radius 1 is 1.16 bits per heavy atom. The van der Waals surface area contributed by atoms with E-state index in [1.807, 2.05) is 0 Å². The molecule has 1 aromatic heterocycles. The van der Waals surface area contributed by atoms with Crippen LogP contribution in [0.5, 0.6) is 6.01 Å². The number of piperidine rings is 1. The van der Waals surface area contributed by atoms with Gasteiger partial charge >= 0.3 is 6.01 Å². The average molecular weight is 594 g/mol. The molecule has 2 aromatic carbocycles. The van der Waals surface area contributed by atoms with Crippen LogP contribution in [0.4, 0.5) is 11.5 Å². The smallest absolute Gasteiger partial charge is 0.318 e. The molecule has 1 unspecified atom stereocenters. The molecular formula is C35H43N7O2. The second-order valence-corrected chi connectivity index (χ2v) is 13.0. The van der Waals surface area contributed by atoms with Crippen molar-refractivity contribution in [2.24, 2.45) is 5.41 Å². The molecule has 9 heteroatoms. The summed E-state index contributed by atoms with van der Waals surface area (Å²) < 4.78 is 6.46. The fourth-order valence-corrected chi connectivity index (χ4v) is 7.35. The summed E-state index contributed by atoms with van der Waals surface area (Å²) in [5.41, 5.74) is 4.65. The fraction of sp³-hybridized carbons (Fsp3) is 0.486. The lowest BCUT2D eigenvalue weighted by Crippen LogP contribution is -2.56. The third kappa shape index (κ3) is 5.96. The highest BCUT2D eigenvalue weighted by Crippen LogP contribution is 2.36. The highest BCUT2D eigenvalue weighted by atomic mass is 16.5. The number of rotatable bonds is 7. The molecule has 2 saturated heterocycles. The Balaban J connectivity index is 1.34. The van der Waals surface area contributed by atoms with Crippen LogP contribution in [0.1, 0.15) is 36.6 Å². The van der Waals surface area contributed by atoms with Gasteiger partial charge in [-0.3, -0.25) is 4.79 Å². The van der Waals surface area contributed by atoms with Crippen molar-refractivity contribution in [1.29, 1.82) is 0 Å². The topological polar surface area (TPSA) is 69.4 Å². The lowest BCUT2D eigenvalue weighted by atomic mass is 9.83. The number of hydrogen-bond acceptors (Lipinski definition) is 7. The van der Waals surface area contributed by atoms with Crippen molar-refractivity contribution in [2.45, 2.75) is 45.7 Å². The quantitative estimate of drug-likeness (QED) is 0.290. The molecule has 3 aliphatic heterocycles. The summed E-state index contributed by atoms with van der Waals surface area (Å²) in [6.45, 7) is 21.8. The Morgan fingerprint density at radius 2 is 1.98 bits per heavy atom. The van der Waals surface area contributed by atoms with Gasteiger partial charge in [0.05, 0.1) is 18.8 Å². The molecule has 230 valence electrons. The van der Waals surface area contributed by atoms with Gasteiger partial charge in [-0.2, -0.15) is 9.97 Å². The Kier molecular flexibility index (Phi) is 8.46. The van der Waals surface area contributed by atoms with Gasteiger partial charge in [0.25, 0.3) is 0 Å². The summed E-state index contributed by atoms with van der Waals surface area (Å²) in [5.74, 6) is 0.754. The van der Waals surface area contributed by atoms with Gasteiger partial charge in [0.15, 0.2) is 0 Å². The van der Waals surface area contributed by atoms with Crippen LogP contribution in [-0.2, 0) is 17.8 Å². The summed E-state index contributed by atoms with van der Waals surface area (Å²) >= 11 is 0. The van der Waals surface area contributed by atoms with E-state index in [0.717, 1.165) is 56.0 Å². The van der Waals surface area contributed by atoms with Gasteiger partial charge in [-0.25, -0.2) is 6.57 Å². The van der Waals surface area contributed by atoms with Crippen LogP contribution < -0.4 is 14.5 Å². The maximum absolute atomic E-state index is 12.6. The molecular weight excluding hydrogens is 550 g/mol. The number of likely N-dealkylation sites (tertiary alicyclic amines) is 1. The number of hydrogen-bond donors (Lipinski definition) is 0. The largest absolute Gasteiger partial charge is 0.463 e. The molecule has 6 rings (SSSR count). The average Bonchev–Trinajstić information content (AvgIpc) is 3.02. The third-order valence-electron chi connectivity index (χ3n) is 9.52. The lowest BCUT2D eigenvalue weighted by molar-refractivity contribution is -0.128. The van der Waals surface area contributed by atoms with E-state index >= 15 is 0 Å². The predicted octanol–water partition coefficient (Wildman–Crippen LogP) is 4.73. The van der Waals surface area contributed by atoms with Crippen LogP contribution in [0.3, 0.4) is 0 Å². The zero-order chi connectivity index (χ0) is 30.8. The van der Waals surface area contributed by atoms with Crippen LogP contribution in [0.2, 0.25) is 0 Å². The summed E-state index contributed by atoms with van der Waals surface area (Å²) in [7, 11) is 2.17. The molecule has 0 N–H and O–H groups in total. The van der Waals surface area contributed by atoms with E-state index in [0.29, 0.717) is 38.8 Å². The van der Waals surface area contributed by atoms with E-state index in [1.54, 1.807) is 4.90 Å². The number of carbonyl (C=O) groups excluding carboxylic acids is 1. The van der Waals surface area contributed by atoms with Crippen LogP contribution in [0, 0.1) is 18.9 Å².